The van der Waals surface area contributed by atoms with Gasteiger partial charge in [-0.3, -0.25) is 0 Å². The summed E-state index contributed by atoms with van der Waals surface area (Å²) in [7, 11) is 1.64. The van der Waals surface area contributed by atoms with E-state index in [1.165, 1.54) is 0 Å². The standard InChI is InChI=1S/C9H13NO2/c1-7-3-4-8(6-10-11)5-9(7)12-2/h3-5,10-11H,6H2,1-2H3. The Labute approximate surface area is 71.9 Å². The fourth-order valence-corrected chi connectivity index (χ4v) is 1.07. The summed E-state index contributed by atoms with van der Waals surface area (Å²) in [6, 6.07) is 5.81. The zero-order chi connectivity index (χ0) is 8.97. The minimum Gasteiger partial charge on any atom is -0.496 e. The van der Waals surface area contributed by atoms with Gasteiger partial charge in [-0.25, -0.2) is 5.48 Å². The van der Waals surface area contributed by atoms with E-state index in [0.717, 1.165) is 16.9 Å². The van der Waals surface area contributed by atoms with Gasteiger partial charge in [0, 0.05) is 6.54 Å². The number of hydroxylamine groups is 1. The maximum absolute atomic E-state index is 8.46. The highest BCUT2D eigenvalue weighted by molar-refractivity contribution is 5.36. The molecule has 66 valence electrons. The number of hydrogen-bond donors (Lipinski definition) is 2. The number of aryl methyl sites for hydroxylation is 1. The number of rotatable bonds is 3. The van der Waals surface area contributed by atoms with Gasteiger partial charge in [0.25, 0.3) is 0 Å². The summed E-state index contributed by atoms with van der Waals surface area (Å²) in [5.74, 6) is 0.850. The van der Waals surface area contributed by atoms with Crippen molar-refractivity contribution in [2.45, 2.75) is 13.5 Å². The van der Waals surface area contributed by atoms with E-state index in [4.69, 9.17) is 9.94 Å². The Balaban J connectivity index is 2.89. The van der Waals surface area contributed by atoms with Crippen LogP contribution in [0.5, 0.6) is 5.75 Å². The molecule has 0 saturated carbocycles. The SMILES string of the molecule is COc1cc(CNO)ccc1C. The third-order valence-corrected chi connectivity index (χ3v) is 1.76. The minimum absolute atomic E-state index is 0.441. The van der Waals surface area contributed by atoms with Gasteiger partial charge in [-0.2, -0.15) is 0 Å². The summed E-state index contributed by atoms with van der Waals surface area (Å²) in [6.07, 6.45) is 0. The van der Waals surface area contributed by atoms with Gasteiger partial charge < -0.3 is 9.94 Å². The largest absolute Gasteiger partial charge is 0.496 e. The van der Waals surface area contributed by atoms with Crippen LogP contribution in [0.2, 0.25) is 0 Å². The molecule has 0 bridgehead atoms. The lowest BCUT2D eigenvalue weighted by molar-refractivity contribution is 0.161. The van der Waals surface area contributed by atoms with Crippen molar-refractivity contribution in [3.8, 4) is 5.75 Å². The van der Waals surface area contributed by atoms with Crippen LogP contribution in [-0.4, -0.2) is 12.3 Å². The van der Waals surface area contributed by atoms with E-state index in [0.29, 0.717) is 6.54 Å². The van der Waals surface area contributed by atoms with E-state index >= 15 is 0 Å². The molecule has 0 amide bonds. The molecular weight excluding hydrogens is 154 g/mol. The molecule has 0 heterocycles. The molecule has 3 nitrogen and oxygen atoms in total. The molecule has 0 atom stereocenters. The molecule has 0 saturated heterocycles. The van der Waals surface area contributed by atoms with Crippen molar-refractivity contribution in [1.82, 2.24) is 5.48 Å². The average molecular weight is 167 g/mol. The summed E-state index contributed by atoms with van der Waals surface area (Å²) in [6.45, 7) is 2.42. The van der Waals surface area contributed by atoms with E-state index in [2.05, 4.69) is 5.48 Å². The van der Waals surface area contributed by atoms with Crippen LogP contribution in [0.25, 0.3) is 0 Å². The molecule has 1 aromatic rings. The second-order valence-electron chi connectivity index (χ2n) is 2.64. The highest BCUT2D eigenvalue weighted by atomic mass is 16.5. The van der Waals surface area contributed by atoms with Gasteiger partial charge in [0.05, 0.1) is 7.11 Å². The summed E-state index contributed by atoms with van der Waals surface area (Å²) in [5.41, 5.74) is 4.20. The predicted octanol–water partition coefficient (Wildman–Crippen LogP) is 1.48. The van der Waals surface area contributed by atoms with Gasteiger partial charge in [0.15, 0.2) is 0 Å². The summed E-state index contributed by atoms with van der Waals surface area (Å²) in [5, 5.41) is 8.46. The van der Waals surface area contributed by atoms with E-state index in [-0.39, 0.29) is 0 Å². The number of hydrogen-bond acceptors (Lipinski definition) is 3. The van der Waals surface area contributed by atoms with Crippen molar-refractivity contribution in [1.29, 1.82) is 0 Å². The molecule has 0 aromatic heterocycles. The maximum Gasteiger partial charge on any atom is 0.122 e. The zero-order valence-electron chi connectivity index (χ0n) is 7.29. The van der Waals surface area contributed by atoms with E-state index < -0.39 is 0 Å². The Kier molecular flexibility index (Phi) is 3.08. The van der Waals surface area contributed by atoms with Crippen LogP contribution in [0.15, 0.2) is 18.2 Å². The van der Waals surface area contributed by atoms with Gasteiger partial charge in [-0.1, -0.05) is 12.1 Å². The Morgan fingerprint density at radius 1 is 1.50 bits per heavy atom. The molecule has 0 aliphatic rings. The van der Waals surface area contributed by atoms with Crippen LogP contribution in [0, 0.1) is 6.92 Å². The Morgan fingerprint density at radius 3 is 2.83 bits per heavy atom. The second-order valence-corrected chi connectivity index (χ2v) is 2.64. The molecular formula is C9H13NO2. The van der Waals surface area contributed by atoms with Crippen LogP contribution in [0.3, 0.4) is 0 Å². The normalized spacial score (nSPS) is 9.92. The highest BCUT2D eigenvalue weighted by Gasteiger charge is 1.98. The van der Waals surface area contributed by atoms with Crippen LogP contribution in [0.1, 0.15) is 11.1 Å². The van der Waals surface area contributed by atoms with Gasteiger partial charge in [-0.05, 0) is 24.1 Å². The Morgan fingerprint density at radius 2 is 2.25 bits per heavy atom. The van der Waals surface area contributed by atoms with Gasteiger partial charge in [-0.15, -0.1) is 0 Å². The van der Waals surface area contributed by atoms with E-state index in [1.807, 2.05) is 25.1 Å². The molecule has 0 unspecified atom stereocenters. The lowest BCUT2D eigenvalue weighted by atomic mass is 10.1. The maximum atomic E-state index is 8.46. The molecule has 12 heavy (non-hydrogen) atoms. The molecule has 1 rings (SSSR count). The fraction of sp³-hybridized carbons (Fsp3) is 0.333. The van der Waals surface area contributed by atoms with Crippen LogP contribution in [-0.2, 0) is 6.54 Å². The molecule has 1 aromatic carbocycles. The third kappa shape index (κ3) is 1.96. The molecule has 0 aliphatic heterocycles. The smallest absolute Gasteiger partial charge is 0.122 e. The van der Waals surface area contributed by atoms with E-state index in [1.54, 1.807) is 7.11 Å². The average Bonchev–Trinajstić information content (AvgIpc) is 2.09. The summed E-state index contributed by atoms with van der Waals surface area (Å²) < 4.78 is 5.12. The van der Waals surface area contributed by atoms with Gasteiger partial charge in [0.1, 0.15) is 5.75 Å². The minimum atomic E-state index is 0.441. The van der Waals surface area contributed by atoms with Crippen LogP contribution >= 0.6 is 0 Å². The summed E-state index contributed by atoms with van der Waals surface area (Å²) >= 11 is 0. The number of nitrogens with one attached hydrogen (secondary N) is 1. The van der Waals surface area contributed by atoms with E-state index in [9.17, 15) is 0 Å². The van der Waals surface area contributed by atoms with Crippen molar-refractivity contribution < 1.29 is 9.94 Å². The lowest BCUT2D eigenvalue weighted by Gasteiger charge is -2.06. The topological polar surface area (TPSA) is 41.5 Å². The number of benzene rings is 1. The fourth-order valence-electron chi connectivity index (χ4n) is 1.07. The van der Waals surface area contributed by atoms with Crippen LogP contribution in [0.4, 0.5) is 0 Å². The molecule has 0 fully saturated rings. The number of methoxy groups -OCH3 is 1. The zero-order valence-corrected chi connectivity index (χ0v) is 7.29. The first-order chi connectivity index (χ1) is 5.77. The first kappa shape index (κ1) is 9.03. The van der Waals surface area contributed by atoms with Crippen molar-refractivity contribution in [2.24, 2.45) is 0 Å². The van der Waals surface area contributed by atoms with Gasteiger partial charge in [0.2, 0.25) is 0 Å². The highest BCUT2D eigenvalue weighted by Crippen LogP contribution is 2.18. The second kappa shape index (κ2) is 4.09. The Bertz CT molecular complexity index is 261. The third-order valence-electron chi connectivity index (χ3n) is 1.76. The Hall–Kier alpha value is -1.06. The monoisotopic (exact) mass is 167 g/mol. The number of ether oxygens (including phenoxy) is 1. The molecule has 2 N–H and O–H groups in total. The first-order valence-corrected chi connectivity index (χ1v) is 3.78. The van der Waals surface area contributed by atoms with Gasteiger partial charge >= 0.3 is 0 Å². The quantitative estimate of drug-likeness (QED) is 0.670. The summed E-state index contributed by atoms with van der Waals surface area (Å²) in [4.78, 5) is 0. The predicted molar refractivity (Wildman–Crippen MR) is 46.4 cm³/mol. The molecule has 0 spiro atoms. The van der Waals surface area contributed by atoms with Crippen molar-refractivity contribution >= 4 is 0 Å². The van der Waals surface area contributed by atoms with Crippen molar-refractivity contribution in [3.05, 3.63) is 29.3 Å². The molecule has 0 radical (unpaired) electrons. The first-order valence-electron chi connectivity index (χ1n) is 3.78. The molecule has 0 aliphatic carbocycles. The van der Waals surface area contributed by atoms with Crippen molar-refractivity contribution in [3.63, 3.8) is 0 Å². The lowest BCUT2D eigenvalue weighted by Crippen LogP contribution is -2.06. The van der Waals surface area contributed by atoms with Crippen molar-refractivity contribution in [2.75, 3.05) is 7.11 Å². The van der Waals surface area contributed by atoms with Crippen LogP contribution < -0.4 is 10.2 Å². The molecule has 3 heteroatoms.